The van der Waals surface area contributed by atoms with Gasteiger partial charge in [0.15, 0.2) is 0 Å². The molecule has 1 aromatic heterocycles. The zero-order valence-electron chi connectivity index (χ0n) is 13.8. The van der Waals surface area contributed by atoms with Gasteiger partial charge in [0.05, 0.1) is 14.2 Å². The van der Waals surface area contributed by atoms with Crippen molar-refractivity contribution in [3.05, 3.63) is 59.0 Å². The van der Waals surface area contributed by atoms with Gasteiger partial charge < -0.3 is 9.47 Å². The SMILES string of the molecule is COc1ccc(-c2sc(C)c(-c3ccc(OC)cc3)c2C)cc1. The molecular formula is C20H20O2S. The van der Waals surface area contributed by atoms with Crippen LogP contribution in [0.4, 0.5) is 0 Å². The van der Waals surface area contributed by atoms with E-state index in [1.165, 1.54) is 32.0 Å². The van der Waals surface area contributed by atoms with Crippen LogP contribution in [0.2, 0.25) is 0 Å². The molecule has 0 amide bonds. The van der Waals surface area contributed by atoms with Crippen molar-refractivity contribution >= 4 is 11.3 Å². The van der Waals surface area contributed by atoms with Gasteiger partial charge in [0.1, 0.15) is 11.5 Å². The lowest BCUT2D eigenvalue weighted by Gasteiger charge is -2.06. The second-order valence-corrected chi connectivity index (χ2v) is 6.67. The molecule has 3 rings (SSSR count). The third-order valence-electron chi connectivity index (χ3n) is 4.05. The monoisotopic (exact) mass is 324 g/mol. The van der Waals surface area contributed by atoms with Crippen LogP contribution < -0.4 is 9.47 Å². The summed E-state index contributed by atoms with van der Waals surface area (Å²) in [7, 11) is 3.38. The zero-order chi connectivity index (χ0) is 16.4. The Labute approximate surface area is 141 Å². The van der Waals surface area contributed by atoms with Crippen LogP contribution in [-0.2, 0) is 0 Å². The fraction of sp³-hybridized carbons (Fsp3) is 0.200. The van der Waals surface area contributed by atoms with Gasteiger partial charge in [-0.15, -0.1) is 11.3 Å². The summed E-state index contributed by atoms with van der Waals surface area (Å²) in [6.45, 7) is 4.38. The van der Waals surface area contributed by atoms with Crippen molar-refractivity contribution in [2.45, 2.75) is 13.8 Å². The lowest BCUT2D eigenvalue weighted by Crippen LogP contribution is -1.85. The molecule has 0 saturated heterocycles. The van der Waals surface area contributed by atoms with Crippen LogP contribution in [-0.4, -0.2) is 14.2 Å². The van der Waals surface area contributed by atoms with Crippen LogP contribution in [0.25, 0.3) is 21.6 Å². The summed E-state index contributed by atoms with van der Waals surface area (Å²) < 4.78 is 10.5. The van der Waals surface area contributed by atoms with E-state index in [2.05, 4.69) is 38.1 Å². The molecule has 0 radical (unpaired) electrons. The van der Waals surface area contributed by atoms with Gasteiger partial charge in [-0.2, -0.15) is 0 Å². The van der Waals surface area contributed by atoms with Crippen molar-refractivity contribution in [1.29, 1.82) is 0 Å². The van der Waals surface area contributed by atoms with Gasteiger partial charge in [-0.3, -0.25) is 0 Å². The highest BCUT2D eigenvalue weighted by atomic mass is 32.1. The molecule has 0 saturated carbocycles. The molecule has 118 valence electrons. The average Bonchev–Trinajstić information content (AvgIpc) is 2.89. The predicted molar refractivity (Wildman–Crippen MR) is 97.8 cm³/mol. The summed E-state index contributed by atoms with van der Waals surface area (Å²) >= 11 is 1.84. The van der Waals surface area contributed by atoms with E-state index in [-0.39, 0.29) is 0 Å². The minimum absolute atomic E-state index is 0.884. The molecule has 2 aromatic carbocycles. The van der Waals surface area contributed by atoms with Crippen molar-refractivity contribution in [3.8, 4) is 33.1 Å². The molecule has 0 aliphatic heterocycles. The van der Waals surface area contributed by atoms with E-state index < -0.39 is 0 Å². The van der Waals surface area contributed by atoms with Crippen molar-refractivity contribution in [3.63, 3.8) is 0 Å². The molecule has 0 bridgehead atoms. The highest BCUT2D eigenvalue weighted by Gasteiger charge is 2.15. The number of benzene rings is 2. The summed E-state index contributed by atoms with van der Waals surface area (Å²) in [5.41, 5.74) is 5.11. The van der Waals surface area contributed by atoms with Crippen LogP contribution in [0.15, 0.2) is 48.5 Å². The van der Waals surface area contributed by atoms with Crippen LogP contribution in [0.1, 0.15) is 10.4 Å². The Morgan fingerprint density at radius 3 is 1.65 bits per heavy atom. The molecule has 0 unspecified atom stereocenters. The predicted octanol–water partition coefficient (Wildman–Crippen LogP) is 5.72. The number of aryl methyl sites for hydroxylation is 1. The van der Waals surface area contributed by atoms with Crippen molar-refractivity contribution < 1.29 is 9.47 Å². The Morgan fingerprint density at radius 2 is 1.17 bits per heavy atom. The fourth-order valence-electron chi connectivity index (χ4n) is 2.85. The van der Waals surface area contributed by atoms with Gasteiger partial charge in [-0.05, 0) is 72.5 Å². The Kier molecular flexibility index (Phi) is 4.39. The van der Waals surface area contributed by atoms with Crippen molar-refractivity contribution in [1.82, 2.24) is 0 Å². The van der Waals surface area contributed by atoms with E-state index >= 15 is 0 Å². The molecule has 3 aromatic rings. The van der Waals surface area contributed by atoms with Crippen molar-refractivity contribution in [2.75, 3.05) is 14.2 Å². The Morgan fingerprint density at radius 1 is 0.696 bits per heavy atom. The molecule has 0 fully saturated rings. The Bertz CT molecular complexity index is 799. The maximum atomic E-state index is 5.25. The Balaban J connectivity index is 2.04. The maximum absolute atomic E-state index is 5.25. The molecule has 2 nitrogen and oxygen atoms in total. The van der Waals surface area contributed by atoms with Crippen LogP contribution in [0, 0.1) is 13.8 Å². The van der Waals surface area contributed by atoms with Gasteiger partial charge in [-0.1, -0.05) is 12.1 Å². The second-order valence-electron chi connectivity index (χ2n) is 5.44. The van der Waals surface area contributed by atoms with E-state index in [0.717, 1.165) is 11.5 Å². The maximum Gasteiger partial charge on any atom is 0.118 e. The van der Waals surface area contributed by atoms with Gasteiger partial charge in [0.25, 0.3) is 0 Å². The normalized spacial score (nSPS) is 10.6. The molecule has 1 heterocycles. The number of thiophene rings is 1. The summed E-state index contributed by atoms with van der Waals surface area (Å²) in [6, 6.07) is 16.5. The number of rotatable bonds is 4. The zero-order valence-corrected chi connectivity index (χ0v) is 14.7. The minimum Gasteiger partial charge on any atom is -0.497 e. The standard InChI is InChI=1S/C20H20O2S/c1-13-19(15-5-9-17(21-3)10-6-15)14(2)23-20(13)16-7-11-18(22-4)12-8-16/h5-12H,1-4H3. The molecule has 0 spiro atoms. The average molecular weight is 324 g/mol. The summed E-state index contributed by atoms with van der Waals surface area (Å²) in [4.78, 5) is 2.65. The fourth-order valence-corrected chi connectivity index (χ4v) is 4.04. The first-order valence-corrected chi connectivity index (χ1v) is 8.34. The number of hydrogen-bond acceptors (Lipinski definition) is 3. The molecule has 0 N–H and O–H groups in total. The molecule has 0 aliphatic rings. The van der Waals surface area contributed by atoms with Gasteiger partial charge >= 0.3 is 0 Å². The molecule has 23 heavy (non-hydrogen) atoms. The van der Waals surface area contributed by atoms with E-state index in [9.17, 15) is 0 Å². The van der Waals surface area contributed by atoms with Crippen LogP contribution >= 0.6 is 11.3 Å². The lowest BCUT2D eigenvalue weighted by molar-refractivity contribution is 0.415. The van der Waals surface area contributed by atoms with E-state index in [4.69, 9.17) is 9.47 Å². The van der Waals surface area contributed by atoms with E-state index in [1.54, 1.807) is 14.2 Å². The second kappa shape index (κ2) is 6.47. The highest BCUT2D eigenvalue weighted by molar-refractivity contribution is 7.16. The summed E-state index contributed by atoms with van der Waals surface area (Å²) in [5, 5.41) is 0. The van der Waals surface area contributed by atoms with Gasteiger partial charge in [-0.25, -0.2) is 0 Å². The smallest absolute Gasteiger partial charge is 0.118 e. The summed E-state index contributed by atoms with van der Waals surface area (Å²) in [5.74, 6) is 1.77. The molecule has 0 aliphatic carbocycles. The van der Waals surface area contributed by atoms with Gasteiger partial charge in [0, 0.05) is 9.75 Å². The first-order valence-electron chi connectivity index (χ1n) is 7.53. The summed E-state index contributed by atoms with van der Waals surface area (Å²) in [6.07, 6.45) is 0. The van der Waals surface area contributed by atoms with Crippen LogP contribution in [0.3, 0.4) is 0 Å². The van der Waals surface area contributed by atoms with Crippen LogP contribution in [0.5, 0.6) is 11.5 Å². The third-order valence-corrected chi connectivity index (χ3v) is 5.31. The first-order chi connectivity index (χ1) is 11.1. The Hall–Kier alpha value is -2.26. The van der Waals surface area contributed by atoms with Crippen molar-refractivity contribution in [2.24, 2.45) is 0 Å². The largest absolute Gasteiger partial charge is 0.497 e. The number of methoxy groups -OCH3 is 2. The molecular weight excluding hydrogens is 304 g/mol. The number of hydrogen-bond donors (Lipinski definition) is 0. The lowest BCUT2D eigenvalue weighted by atomic mass is 9.99. The minimum atomic E-state index is 0.884. The highest BCUT2D eigenvalue weighted by Crippen LogP contribution is 2.41. The quantitative estimate of drug-likeness (QED) is 0.611. The molecule has 3 heteroatoms. The van der Waals surface area contributed by atoms with E-state index in [0.29, 0.717) is 0 Å². The molecule has 0 atom stereocenters. The third kappa shape index (κ3) is 2.97. The van der Waals surface area contributed by atoms with Gasteiger partial charge in [0.2, 0.25) is 0 Å². The first kappa shape index (κ1) is 15.6. The van der Waals surface area contributed by atoms with E-state index in [1.807, 2.05) is 35.6 Å². The topological polar surface area (TPSA) is 18.5 Å². The number of ether oxygens (including phenoxy) is 2.